The van der Waals surface area contributed by atoms with Crippen LogP contribution in [-0.2, 0) is 11.3 Å². The molecule has 1 unspecified atom stereocenters. The van der Waals surface area contributed by atoms with Crippen molar-refractivity contribution in [1.29, 1.82) is 0 Å². The Kier molecular flexibility index (Phi) is 4.66. The Morgan fingerprint density at radius 2 is 2.32 bits per heavy atom. The molecule has 1 aromatic carbocycles. The van der Waals surface area contributed by atoms with Gasteiger partial charge in [0.15, 0.2) is 0 Å². The molecule has 1 aromatic rings. The number of amides is 1. The highest BCUT2D eigenvalue weighted by Gasteiger charge is 2.28. The molecule has 2 N–H and O–H groups in total. The number of halogens is 1. The summed E-state index contributed by atoms with van der Waals surface area (Å²) in [5.41, 5.74) is 2.11. The topological polar surface area (TPSA) is 44.4 Å². The van der Waals surface area contributed by atoms with E-state index in [1.807, 2.05) is 19.1 Å². The van der Waals surface area contributed by atoms with Gasteiger partial charge in [-0.3, -0.25) is 4.79 Å². The van der Waals surface area contributed by atoms with Crippen molar-refractivity contribution in [2.75, 3.05) is 24.5 Å². The molecule has 0 radical (unpaired) electrons. The highest BCUT2D eigenvalue weighted by molar-refractivity contribution is 6.33. The maximum Gasteiger partial charge on any atom is 0.242 e. The first kappa shape index (κ1) is 14.2. The Morgan fingerprint density at radius 1 is 1.53 bits per heavy atom. The summed E-state index contributed by atoms with van der Waals surface area (Å²) in [4.78, 5) is 13.9. The van der Waals surface area contributed by atoms with Crippen LogP contribution in [0.2, 0.25) is 5.02 Å². The molecular weight excluding hydrogens is 262 g/mol. The van der Waals surface area contributed by atoms with Gasteiger partial charge in [0.05, 0.1) is 10.7 Å². The second-order valence-electron chi connectivity index (χ2n) is 4.69. The third-order valence-electron chi connectivity index (χ3n) is 3.42. The Labute approximate surface area is 119 Å². The molecule has 1 saturated heterocycles. The Balaban J connectivity index is 2.33. The van der Waals surface area contributed by atoms with Gasteiger partial charge in [-0.05, 0) is 25.1 Å². The fraction of sp³-hybridized carbons (Fsp3) is 0.500. The fourth-order valence-corrected chi connectivity index (χ4v) is 2.67. The fourth-order valence-electron chi connectivity index (χ4n) is 2.37. The lowest BCUT2D eigenvalue weighted by Crippen LogP contribution is -2.54. The largest absolute Gasteiger partial charge is 0.357 e. The summed E-state index contributed by atoms with van der Waals surface area (Å²) in [5, 5.41) is 6.89. The van der Waals surface area contributed by atoms with E-state index in [1.165, 1.54) is 0 Å². The van der Waals surface area contributed by atoms with E-state index in [9.17, 15) is 4.79 Å². The number of carbonyl (C=O) groups excluding carboxylic acids is 1. The summed E-state index contributed by atoms with van der Waals surface area (Å²) in [6.45, 7) is 7.10. The van der Waals surface area contributed by atoms with Gasteiger partial charge in [0.25, 0.3) is 0 Å². The molecule has 1 heterocycles. The first-order valence-electron chi connectivity index (χ1n) is 6.67. The summed E-state index contributed by atoms with van der Waals surface area (Å²) in [6, 6.07) is 5.70. The predicted molar refractivity (Wildman–Crippen MR) is 78.7 cm³/mol. The first-order chi connectivity index (χ1) is 9.15. The summed E-state index contributed by atoms with van der Waals surface area (Å²) >= 11 is 6.35. The molecule has 0 saturated carbocycles. The van der Waals surface area contributed by atoms with Crippen molar-refractivity contribution in [1.82, 2.24) is 10.6 Å². The number of para-hydroxylation sites is 1. The zero-order valence-corrected chi connectivity index (χ0v) is 12.1. The number of anilines is 1. The molecule has 19 heavy (non-hydrogen) atoms. The van der Waals surface area contributed by atoms with E-state index in [0.717, 1.165) is 30.9 Å². The Morgan fingerprint density at radius 3 is 3.05 bits per heavy atom. The van der Waals surface area contributed by atoms with Crippen molar-refractivity contribution in [3.63, 3.8) is 0 Å². The van der Waals surface area contributed by atoms with Crippen molar-refractivity contribution in [3.8, 4) is 0 Å². The predicted octanol–water partition coefficient (Wildman–Crippen LogP) is 1.77. The van der Waals surface area contributed by atoms with Gasteiger partial charge in [0, 0.05) is 19.6 Å². The summed E-state index contributed by atoms with van der Waals surface area (Å²) in [6.07, 6.45) is 0. The lowest BCUT2D eigenvalue weighted by atomic mass is 10.1. The van der Waals surface area contributed by atoms with Gasteiger partial charge in [0.1, 0.15) is 6.04 Å². The smallest absolute Gasteiger partial charge is 0.242 e. The molecule has 1 aliphatic heterocycles. The second-order valence-corrected chi connectivity index (χ2v) is 5.10. The van der Waals surface area contributed by atoms with Crippen LogP contribution in [0.1, 0.15) is 19.4 Å². The number of nitrogens with one attached hydrogen (secondary N) is 2. The van der Waals surface area contributed by atoms with Crippen LogP contribution in [0.5, 0.6) is 0 Å². The molecule has 2 rings (SSSR count). The quantitative estimate of drug-likeness (QED) is 0.884. The second kappa shape index (κ2) is 6.26. The zero-order valence-electron chi connectivity index (χ0n) is 11.4. The minimum absolute atomic E-state index is 0.0561. The lowest BCUT2D eigenvalue weighted by molar-refractivity contribution is -0.122. The molecule has 0 bridgehead atoms. The van der Waals surface area contributed by atoms with Crippen LogP contribution in [-0.4, -0.2) is 31.6 Å². The highest BCUT2D eigenvalue weighted by atomic mass is 35.5. The molecule has 1 atom stereocenters. The number of carbonyl (C=O) groups is 1. The molecular formula is C14H20ClN3O. The van der Waals surface area contributed by atoms with Crippen molar-refractivity contribution >= 4 is 23.2 Å². The SMILES string of the molecule is CCNCc1cccc(Cl)c1N1CCNC(=O)C1C. The molecule has 1 amide bonds. The van der Waals surface area contributed by atoms with E-state index in [-0.39, 0.29) is 11.9 Å². The maximum atomic E-state index is 11.8. The van der Waals surface area contributed by atoms with Gasteiger partial charge in [-0.2, -0.15) is 0 Å². The molecule has 0 aromatic heterocycles. The summed E-state index contributed by atoms with van der Waals surface area (Å²) in [7, 11) is 0. The van der Waals surface area contributed by atoms with Crippen LogP contribution in [0.25, 0.3) is 0 Å². The monoisotopic (exact) mass is 281 g/mol. The van der Waals surface area contributed by atoms with Crippen LogP contribution in [0.4, 0.5) is 5.69 Å². The van der Waals surface area contributed by atoms with Crippen LogP contribution >= 0.6 is 11.6 Å². The van der Waals surface area contributed by atoms with Gasteiger partial charge in [-0.25, -0.2) is 0 Å². The number of benzene rings is 1. The third-order valence-corrected chi connectivity index (χ3v) is 3.73. The van der Waals surface area contributed by atoms with Crippen molar-refractivity contribution in [2.24, 2.45) is 0 Å². The van der Waals surface area contributed by atoms with Crippen molar-refractivity contribution in [2.45, 2.75) is 26.4 Å². The molecule has 5 heteroatoms. The number of hydrogen-bond donors (Lipinski definition) is 2. The van der Waals surface area contributed by atoms with Crippen LogP contribution < -0.4 is 15.5 Å². The Bertz CT molecular complexity index is 464. The van der Waals surface area contributed by atoms with Gasteiger partial charge in [-0.1, -0.05) is 30.7 Å². The van der Waals surface area contributed by atoms with E-state index in [0.29, 0.717) is 11.6 Å². The lowest BCUT2D eigenvalue weighted by Gasteiger charge is -2.36. The standard InChI is InChI=1S/C14H20ClN3O/c1-3-16-9-11-5-4-6-12(15)13(11)18-8-7-17-14(19)10(18)2/h4-6,10,16H,3,7-9H2,1-2H3,(H,17,19). The van der Waals surface area contributed by atoms with Crippen molar-refractivity contribution in [3.05, 3.63) is 28.8 Å². The normalized spacial score (nSPS) is 19.4. The molecule has 1 aliphatic rings. The van der Waals surface area contributed by atoms with Gasteiger partial charge in [0.2, 0.25) is 5.91 Å². The Hall–Kier alpha value is -1.26. The van der Waals surface area contributed by atoms with E-state index < -0.39 is 0 Å². The first-order valence-corrected chi connectivity index (χ1v) is 7.05. The average molecular weight is 282 g/mol. The summed E-state index contributed by atoms with van der Waals surface area (Å²) < 4.78 is 0. The highest BCUT2D eigenvalue weighted by Crippen LogP contribution is 2.32. The van der Waals surface area contributed by atoms with Crippen LogP contribution in [0.15, 0.2) is 18.2 Å². The number of nitrogens with zero attached hydrogens (tertiary/aromatic N) is 1. The van der Waals surface area contributed by atoms with E-state index in [1.54, 1.807) is 0 Å². The molecule has 4 nitrogen and oxygen atoms in total. The molecule has 1 fully saturated rings. The molecule has 0 spiro atoms. The third kappa shape index (κ3) is 3.01. The zero-order chi connectivity index (χ0) is 13.8. The van der Waals surface area contributed by atoms with Crippen LogP contribution in [0, 0.1) is 0 Å². The van der Waals surface area contributed by atoms with Crippen LogP contribution in [0.3, 0.4) is 0 Å². The van der Waals surface area contributed by atoms with E-state index in [4.69, 9.17) is 11.6 Å². The average Bonchev–Trinajstić information content (AvgIpc) is 2.40. The molecule has 104 valence electrons. The number of piperazine rings is 1. The van der Waals surface area contributed by atoms with Gasteiger partial charge >= 0.3 is 0 Å². The van der Waals surface area contributed by atoms with E-state index >= 15 is 0 Å². The van der Waals surface area contributed by atoms with Gasteiger partial charge in [-0.15, -0.1) is 0 Å². The van der Waals surface area contributed by atoms with Gasteiger partial charge < -0.3 is 15.5 Å². The summed E-state index contributed by atoms with van der Waals surface area (Å²) in [5.74, 6) is 0.0561. The number of rotatable bonds is 4. The molecule has 0 aliphatic carbocycles. The number of hydrogen-bond acceptors (Lipinski definition) is 3. The minimum atomic E-state index is -0.186. The maximum absolute atomic E-state index is 11.8. The minimum Gasteiger partial charge on any atom is -0.357 e. The van der Waals surface area contributed by atoms with Crippen molar-refractivity contribution < 1.29 is 4.79 Å². The van der Waals surface area contributed by atoms with E-state index in [2.05, 4.69) is 28.5 Å².